The summed E-state index contributed by atoms with van der Waals surface area (Å²) in [6.07, 6.45) is 1.59. The molecule has 5 aromatic rings. The van der Waals surface area contributed by atoms with Crippen LogP contribution in [0.3, 0.4) is 0 Å². The number of hydrogen-bond donors (Lipinski definition) is 0. The first-order valence-electron chi connectivity index (χ1n) is 10.4. The van der Waals surface area contributed by atoms with Crippen molar-refractivity contribution in [3.05, 3.63) is 88.6 Å². The van der Waals surface area contributed by atoms with E-state index < -0.39 is 0 Å². The highest BCUT2D eigenvalue weighted by Crippen LogP contribution is 2.24. The lowest BCUT2D eigenvalue weighted by molar-refractivity contribution is -0.127. The number of carbonyl (C=O) groups excluding carboxylic acids is 1. The van der Waals surface area contributed by atoms with Crippen molar-refractivity contribution in [1.82, 2.24) is 24.1 Å². The third-order valence-electron chi connectivity index (χ3n) is 5.47. The van der Waals surface area contributed by atoms with Crippen LogP contribution in [0.1, 0.15) is 11.3 Å². The van der Waals surface area contributed by atoms with Crippen LogP contribution in [-0.2, 0) is 11.3 Å². The number of para-hydroxylation sites is 2. The molecule has 0 aliphatic carbocycles. The Morgan fingerprint density at radius 2 is 1.85 bits per heavy atom. The number of amides is 1. The van der Waals surface area contributed by atoms with Crippen molar-refractivity contribution < 1.29 is 9.21 Å². The summed E-state index contributed by atoms with van der Waals surface area (Å²) in [5.41, 5.74) is 2.23. The molecule has 166 valence electrons. The molecule has 0 saturated heterocycles. The predicted octanol–water partition coefficient (Wildman–Crippen LogP) is 3.69. The lowest BCUT2D eigenvalue weighted by Crippen LogP contribution is -2.27. The van der Waals surface area contributed by atoms with Crippen molar-refractivity contribution in [3.8, 4) is 5.69 Å². The average Bonchev–Trinajstić information content (AvgIpc) is 3.49. The molecule has 8 nitrogen and oxygen atoms in total. The predicted molar refractivity (Wildman–Crippen MR) is 127 cm³/mol. The molecule has 3 heterocycles. The molecule has 0 atom stereocenters. The van der Waals surface area contributed by atoms with E-state index in [1.807, 2.05) is 59.9 Å². The summed E-state index contributed by atoms with van der Waals surface area (Å²) in [7, 11) is 1.73. The van der Waals surface area contributed by atoms with Crippen molar-refractivity contribution in [3.63, 3.8) is 0 Å². The van der Waals surface area contributed by atoms with Gasteiger partial charge in [-0.15, -0.1) is 10.2 Å². The lowest BCUT2D eigenvalue weighted by atomic mass is 10.2. The molecular formula is C24H21N5O3S. The smallest absolute Gasteiger partial charge is 0.267 e. The molecule has 0 aliphatic rings. The van der Waals surface area contributed by atoms with Gasteiger partial charge in [-0.1, -0.05) is 42.1 Å². The van der Waals surface area contributed by atoms with Gasteiger partial charge in [-0.25, -0.2) is 4.57 Å². The van der Waals surface area contributed by atoms with Gasteiger partial charge in [0.25, 0.3) is 5.56 Å². The van der Waals surface area contributed by atoms with Gasteiger partial charge in [0.2, 0.25) is 11.7 Å². The number of furan rings is 1. The topological polar surface area (TPSA) is 85.6 Å². The second-order valence-corrected chi connectivity index (χ2v) is 8.62. The molecular weight excluding hydrogens is 438 g/mol. The van der Waals surface area contributed by atoms with E-state index >= 15 is 0 Å². The summed E-state index contributed by atoms with van der Waals surface area (Å²) in [5, 5.41) is 9.78. The van der Waals surface area contributed by atoms with Gasteiger partial charge < -0.3 is 9.32 Å². The Morgan fingerprint density at radius 3 is 2.64 bits per heavy atom. The van der Waals surface area contributed by atoms with E-state index in [4.69, 9.17) is 4.42 Å². The molecule has 0 unspecified atom stereocenters. The molecule has 0 saturated carbocycles. The maximum Gasteiger partial charge on any atom is 0.267 e. The van der Waals surface area contributed by atoms with Crippen LogP contribution in [0.5, 0.6) is 0 Å². The summed E-state index contributed by atoms with van der Waals surface area (Å²) < 4.78 is 8.75. The van der Waals surface area contributed by atoms with Gasteiger partial charge in [-0.2, -0.15) is 0 Å². The molecule has 0 N–H and O–H groups in total. The summed E-state index contributed by atoms with van der Waals surface area (Å²) in [6.45, 7) is 2.34. The quantitative estimate of drug-likeness (QED) is 0.360. The van der Waals surface area contributed by atoms with Crippen LogP contribution in [0.4, 0.5) is 0 Å². The monoisotopic (exact) mass is 459 g/mol. The van der Waals surface area contributed by atoms with Gasteiger partial charge in [-0.05, 0) is 42.8 Å². The van der Waals surface area contributed by atoms with Crippen molar-refractivity contribution in [1.29, 1.82) is 0 Å². The number of thioether (sulfide) groups is 1. The third kappa shape index (κ3) is 3.80. The van der Waals surface area contributed by atoms with Crippen LogP contribution >= 0.6 is 11.8 Å². The minimum absolute atomic E-state index is 0.0651. The zero-order valence-corrected chi connectivity index (χ0v) is 19.0. The first-order valence-corrected chi connectivity index (χ1v) is 11.4. The molecule has 0 aliphatic heterocycles. The third-order valence-corrected chi connectivity index (χ3v) is 6.39. The van der Waals surface area contributed by atoms with Crippen LogP contribution in [0.25, 0.3) is 22.4 Å². The van der Waals surface area contributed by atoms with Crippen LogP contribution in [0, 0.1) is 6.92 Å². The Labute approximate surface area is 193 Å². The van der Waals surface area contributed by atoms with Crippen LogP contribution in [-0.4, -0.2) is 42.8 Å². The number of carbonyl (C=O) groups is 1. The number of fused-ring (bicyclic) bond motifs is 3. The highest BCUT2D eigenvalue weighted by atomic mass is 32.2. The maximum absolute atomic E-state index is 13.4. The van der Waals surface area contributed by atoms with E-state index in [1.165, 1.54) is 11.8 Å². The summed E-state index contributed by atoms with van der Waals surface area (Å²) in [5.74, 6) is 1.24. The number of aromatic nitrogens is 4. The minimum Gasteiger partial charge on any atom is -0.467 e. The fraction of sp³-hybridized carbons (Fsp3) is 0.167. The van der Waals surface area contributed by atoms with Gasteiger partial charge in [0.1, 0.15) is 5.76 Å². The number of nitrogens with zero attached hydrogens (tertiary/aromatic N) is 5. The van der Waals surface area contributed by atoms with Gasteiger partial charge in [0, 0.05) is 7.05 Å². The van der Waals surface area contributed by atoms with Gasteiger partial charge in [-0.3, -0.25) is 14.0 Å². The number of hydrogen-bond acceptors (Lipinski definition) is 6. The van der Waals surface area contributed by atoms with Gasteiger partial charge in [0.15, 0.2) is 5.16 Å². The van der Waals surface area contributed by atoms with Crippen LogP contribution in [0.15, 0.2) is 81.3 Å². The van der Waals surface area contributed by atoms with E-state index in [-0.39, 0.29) is 17.2 Å². The molecule has 9 heteroatoms. The largest absolute Gasteiger partial charge is 0.467 e. The Morgan fingerprint density at radius 1 is 1.06 bits per heavy atom. The fourth-order valence-corrected chi connectivity index (χ4v) is 4.65. The molecule has 0 radical (unpaired) electrons. The van der Waals surface area contributed by atoms with E-state index in [0.717, 1.165) is 17.0 Å². The van der Waals surface area contributed by atoms with E-state index in [0.29, 0.717) is 28.4 Å². The number of benzene rings is 2. The molecule has 1 amide bonds. The zero-order chi connectivity index (χ0) is 22.9. The highest BCUT2D eigenvalue weighted by Gasteiger charge is 2.20. The van der Waals surface area contributed by atoms with Crippen molar-refractivity contribution in [2.24, 2.45) is 0 Å². The van der Waals surface area contributed by atoms with Crippen LogP contribution in [0.2, 0.25) is 0 Å². The summed E-state index contributed by atoms with van der Waals surface area (Å²) >= 11 is 1.29. The number of aryl methyl sites for hydroxylation is 1. The first kappa shape index (κ1) is 21.0. The normalized spacial score (nSPS) is 11.3. The molecule has 0 fully saturated rings. The molecule has 0 bridgehead atoms. The Hall–Kier alpha value is -3.85. The highest BCUT2D eigenvalue weighted by molar-refractivity contribution is 7.99. The molecule has 2 aromatic carbocycles. The van der Waals surface area contributed by atoms with Gasteiger partial charge >= 0.3 is 0 Å². The first-order chi connectivity index (χ1) is 16.0. The lowest BCUT2D eigenvalue weighted by Gasteiger charge is -2.15. The van der Waals surface area contributed by atoms with E-state index in [1.54, 1.807) is 34.9 Å². The zero-order valence-electron chi connectivity index (χ0n) is 18.1. The summed E-state index contributed by atoms with van der Waals surface area (Å²) in [4.78, 5) is 27.7. The molecule has 3 aromatic heterocycles. The number of rotatable bonds is 6. The standard InChI is InChI=1S/C24H21N5O3S/c1-16-8-3-5-11-19(16)28-22(31)18-10-4-6-12-20(18)29-23(28)25-26-24(29)33-15-21(30)27(2)14-17-9-7-13-32-17/h3-13H,14-15H2,1-2H3. The second kappa shape index (κ2) is 8.59. The Balaban J connectivity index is 1.55. The minimum atomic E-state index is -0.161. The fourth-order valence-electron chi connectivity index (χ4n) is 3.76. The molecule has 0 spiro atoms. The van der Waals surface area contributed by atoms with Crippen molar-refractivity contribution in [2.75, 3.05) is 12.8 Å². The van der Waals surface area contributed by atoms with E-state index in [2.05, 4.69) is 10.2 Å². The van der Waals surface area contributed by atoms with Crippen LogP contribution < -0.4 is 5.56 Å². The second-order valence-electron chi connectivity index (χ2n) is 7.68. The van der Waals surface area contributed by atoms with Gasteiger partial charge in [0.05, 0.1) is 35.2 Å². The van der Waals surface area contributed by atoms with Crippen molar-refractivity contribution >= 4 is 34.3 Å². The maximum atomic E-state index is 13.4. The SMILES string of the molecule is Cc1ccccc1-n1c(=O)c2ccccc2n2c(SCC(=O)N(C)Cc3ccco3)nnc12. The molecule has 33 heavy (non-hydrogen) atoms. The average molecular weight is 460 g/mol. The van der Waals surface area contributed by atoms with Crippen molar-refractivity contribution in [2.45, 2.75) is 18.6 Å². The van der Waals surface area contributed by atoms with E-state index in [9.17, 15) is 9.59 Å². The molecule has 5 rings (SSSR count). The summed E-state index contributed by atoms with van der Waals surface area (Å²) in [6, 6.07) is 18.7. The Kier molecular flexibility index (Phi) is 5.47. The Bertz CT molecular complexity index is 1520.